The van der Waals surface area contributed by atoms with Gasteiger partial charge in [-0.15, -0.1) is 0 Å². The van der Waals surface area contributed by atoms with Crippen LogP contribution in [0.2, 0.25) is 0 Å². The second-order valence-electron chi connectivity index (χ2n) is 7.75. The summed E-state index contributed by atoms with van der Waals surface area (Å²) in [4.78, 5) is 17.3. The molecular weight excluding hydrogens is 394 g/mol. The molecule has 1 aromatic heterocycles. The molecule has 0 unspecified atom stereocenters. The molecule has 1 amide bonds. The van der Waals surface area contributed by atoms with E-state index in [-0.39, 0.29) is 13.2 Å². The van der Waals surface area contributed by atoms with Gasteiger partial charge in [0.1, 0.15) is 18.9 Å². The van der Waals surface area contributed by atoms with Gasteiger partial charge in [-0.2, -0.15) is 0 Å². The number of hydrogen-bond acceptors (Lipinski definition) is 5. The van der Waals surface area contributed by atoms with Crippen molar-refractivity contribution in [3.05, 3.63) is 72.1 Å². The van der Waals surface area contributed by atoms with Crippen LogP contribution in [0.25, 0.3) is 0 Å². The molecule has 0 aliphatic rings. The maximum Gasteiger partial charge on any atom is 0.407 e. The van der Waals surface area contributed by atoms with Gasteiger partial charge in [-0.05, 0) is 44.4 Å². The van der Waals surface area contributed by atoms with Gasteiger partial charge in [-0.25, -0.2) is 4.79 Å². The third-order valence-corrected chi connectivity index (χ3v) is 5.14. The number of nitrogens with zero attached hydrogens (tertiary/aromatic N) is 2. The molecule has 2 aromatic rings. The fraction of sp³-hybridized carbons (Fsp3) is 0.417. The summed E-state index contributed by atoms with van der Waals surface area (Å²) in [6, 6.07) is 14.2. The number of hydrogen-bond donors (Lipinski definition) is 2. The van der Waals surface area contributed by atoms with Gasteiger partial charge in [0.25, 0.3) is 0 Å². The van der Waals surface area contributed by atoms with E-state index in [1.54, 1.807) is 6.92 Å². The monoisotopic (exact) mass is 427 g/mol. The Morgan fingerprint density at radius 3 is 2.68 bits per heavy atom. The Balaban J connectivity index is 1.90. The minimum absolute atomic E-state index is 0.126. The van der Waals surface area contributed by atoms with Gasteiger partial charge in [0.15, 0.2) is 0 Å². The molecule has 0 fully saturated rings. The molecule has 1 aromatic carbocycles. The molecule has 1 atom stereocenters. The van der Waals surface area contributed by atoms with Gasteiger partial charge in [0.2, 0.25) is 0 Å². The maximum atomic E-state index is 11.8. The zero-order chi connectivity index (χ0) is 22.7. The van der Waals surface area contributed by atoms with Crippen molar-refractivity contribution in [2.45, 2.75) is 38.6 Å². The quantitative estimate of drug-likeness (QED) is 0.235. The highest BCUT2D eigenvalue weighted by Gasteiger charge is 2.26. The van der Waals surface area contributed by atoms with Gasteiger partial charge in [0, 0.05) is 19.2 Å². The van der Waals surface area contributed by atoms with E-state index in [4.69, 9.17) is 9.57 Å². The van der Waals surface area contributed by atoms with Crippen LogP contribution in [0.4, 0.5) is 4.79 Å². The summed E-state index contributed by atoms with van der Waals surface area (Å²) >= 11 is 0. The van der Waals surface area contributed by atoms with E-state index >= 15 is 0 Å². The fourth-order valence-corrected chi connectivity index (χ4v) is 3.17. The van der Waals surface area contributed by atoms with E-state index in [1.807, 2.05) is 48.9 Å². The highest BCUT2D eigenvalue weighted by Crippen LogP contribution is 2.17. The number of oxime groups is 1. The summed E-state index contributed by atoms with van der Waals surface area (Å²) in [6.07, 6.45) is 2.94. The summed E-state index contributed by atoms with van der Waals surface area (Å²) in [7, 11) is 1.97. The summed E-state index contributed by atoms with van der Waals surface area (Å²) in [6.45, 7) is 7.67. The fourth-order valence-electron chi connectivity index (χ4n) is 3.17. The van der Waals surface area contributed by atoms with Crippen molar-refractivity contribution in [3.63, 3.8) is 0 Å². The van der Waals surface area contributed by atoms with Crippen molar-refractivity contribution in [1.82, 2.24) is 9.88 Å². The highest BCUT2D eigenvalue weighted by molar-refractivity contribution is 5.97. The highest BCUT2D eigenvalue weighted by atomic mass is 16.6. The van der Waals surface area contributed by atoms with Gasteiger partial charge in [0.05, 0.1) is 17.8 Å². The summed E-state index contributed by atoms with van der Waals surface area (Å²) in [5.74, 6) is 0. The maximum absolute atomic E-state index is 11.8. The van der Waals surface area contributed by atoms with Crippen LogP contribution >= 0.6 is 0 Å². The molecule has 0 spiro atoms. The van der Waals surface area contributed by atoms with Gasteiger partial charge in [-0.1, -0.05) is 48.1 Å². The second kappa shape index (κ2) is 12.0. The lowest BCUT2D eigenvalue weighted by atomic mass is 9.96. The Morgan fingerprint density at radius 1 is 1.26 bits per heavy atom. The van der Waals surface area contributed by atoms with E-state index in [2.05, 4.69) is 29.2 Å². The number of amides is 1. The second-order valence-corrected chi connectivity index (χ2v) is 7.75. The molecule has 0 bridgehead atoms. The average molecular weight is 428 g/mol. The predicted molar refractivity (Wildman–Crippen MR) is 122 cm³/mol. The molecule has 2 N–H and O–H groups in total. The van der Waals surface area contributed by atoms with E-state index in [0.717, 1.165) is 23.5 Å². The first-order chi connectivity index (χ1) is 14.9. The minimum atomic E-state index is -0.785. The van der Waals surface area contributed by atoms with Crippen molar-refractivity contribution < 1.29 is 19.5 Å². The Labute approximate surface area is 184 Å². The lowest BCUT2D eigenvalue weighted by molar-refractivity contribution is 0.120. The summed E-state index contributed by atoms with van der Waals surface area (Å²) < 4.78 is 7.01. The number of carbonyl (C=O) groups excluding carboxylic acids is 1. The summed E-state index contributed by atoms with van der Waals surface area (Å²) in [5, 5.41) is 16.8. The van der Waals surface area contributed by atoms with Crippen molar-refractivity contribution >= 4 is 11.8 Å². The number of carbonyl (C=O) groups is 1. The van der Waals surface area contributed by atoms with E-state index < -0.39 is 11.6 Å². The standard InChI is InChI=1S/C24H33N3O4/c1-5-16-30-23(29)25-24(3,18-28)15-13-21-11-12-22(27(21)4)19(2)26-31-17-14-20-9-7-6-8-10-20/h5-12,28H,1,13-18H2,2-4H3,(H,25,29)/t24-/m1/s1. The Hall–Kier alpha value is -3.06. The lowest BCUT2D eigenvalue weighted by Crippen LogP contribution is -2.49. The van der Waals surface area contributed by atoms with Crippen LogP contribution in [0.3, 0.4) is 0 Å². The van der Waals surface area contributed by atoms with Crippen LogP contribution in [-0.4, -0.2) is 46.8 Å². The van der Waals surface area contributed by atoms with Crippen LogP contribution in [0.1, 0.15) is 37.2 Å². The molecule has 0 aliphatic carbocycles. The molecular formula is C24H33N3O4. The SMILES string of the molecule is C=CCOC(=O)N[C@@](C)(CO)CCc1ccc(C(C)=NOCCc2ccccc2)n1C. The zero-order valence-electron chi connectivity index (χ0n) is 18.6. The van der Waals surface area contributed by atoms with Crippen LogP contribution in [0, 0.1) is 0 Å². The first-order valence-electron chi connectivity index (χ1n) is 10.4. The van der Waals surface area contributed by atoms with Crippen molar-refractivity contribution in [2.75, 3.05) is 19.8 Å². The van der Waals surface area contributed by atoms with Crippen molar-refractivity contribution in [3.8, 4) is 0 Å². The average Bonchev–Trinajstić information content (AvgIpc) is 3.15. The number of aliphatic hydroxyl groups is 1. The molecule has 168 valence electrons. The van der Waals surface area contributed by atoms with Crippen LogP contribution < -0.4 is 5.32 Å². The minimum Gasteiger partial charge on any atom is -0.445 e. The van der Waals surface area contributed by atoms with Crippen LogP contribution in [0.5, 0.6) is 0 Å². The summed E-state index contributed by atoms with van der Waals surface area (Å²) in [5.41, 5.74) is 3.24. The zero-order valence-corrected chi connectivity index (χ0v) is 18.6. The van der Waals surface area contributed by atoms with Gasteiger partial charge < -0.3 is 24.6 Å². The third-order valence-electron chi connectivity index (χ3n) is 5.14. The molecule has 2 rings (SSSR count). The first-order valence-corrected chi connectivity index (χ1v) is 10.4. The molecule has 31 heavy (non-hydrogen) atoms. The number of aryl methyl sites for hydroxylation is 1. The molecule has 7 nitrogen and oxygen atoms in total. The molecule has 0 radical (unpaired) electrons. The first kappa shape index (κ1) is 24.2. The van der Waals surface area contributed by atoms with Crippen molar-refractivity contribution in [2.24, 2.45) is 12.2 Å². The van der Waals surface area contributed by atoms with Gasteiger partial charge in [-0.3, -0.25) is 0 Å². The Kier molecular flexibility index (Phi) is 9.34. The number of alkyl carbamates (subject to hydrolysis) is 1. The third kappa shape index (κ3) is 7.61. The number of aromatic nitrogens is 1. The van der Waals surface area contributed by atoms with Crippen molar-refractivity contribution in [1.29, 1.82) is 0 Å². The van der Waals surface area contributed by atoms with Gasteiger partial charge >= 0.3 is 6.09 Å². The molecule has 0 saturated heterocycles. The van der Waals surface area contributed by atoms with E-state index in [0.29, 0.717) is 19.4 Å². The largest absolute Gasteiger partial charge is 0.445 e. The van der Waals surface area contributed by atoms with Crippen LogP contribution in [-0.2, 0) is 29.5 Å². The molecule has 0 aliphatic heterocycles. The van der Waals surface area contributed by atoms with E-state index in [9.17, 15) is 9.90 Å². The number of ether oxygens (including phenoxy) is 1. The number of rotatable bonds is 12. The van der Waals surface area contributed by atoms with E-state index in [1.165, 1.54) is 11.6 Å². The Morgan fingerprint density at radius 2 is 2.00 bits per heavy atom. The number of aliphatic hydroxyl groups excluding tert-OH is 1. The van der Waals surface area contributed by atoms with Crippen LogP contribution in [0.15, 0.2) is 60.3 Å². The normalized spacial score (nSPS) is 13.4. The number of benzene rings is 1. The molecule has 0 saturated carbocycles. The molecule has 7 heteroatoms. The lowest BCUT2D eigenvalue weighted by Gasteiger charge is -2.28. The number of nitrogens with one attached hydrogen (secondary N) is 1. The smallest absolute Gasteiger partial charge is 0.407 e. The topological polar surface area (TPSA) is 85.1 Å². The predicted octanol–water partition coefficient (Wildman–Crippen LogP) is 3.60. The molecule has 1 heterocycles. The Bertz CT molecular complexity index is 876.